The van der Waals surface area contributed by atoms with Crippen LogP contribution in [0.2, 0.25) is 5.02 Å². The van der Waals surface area contributed by atoms with Gasteiger partial charge in [-0.05, 0) is 48.0 Å². The Labute approximate surface area is 145 Å². The van der Waals surface area contributed by atoms with Crippen LogP contribution in [0.25, 0.3) is 6.08 Å². The second kappa shape index (κ2) is 6.94. The molecule has 0 bridgehead atoms. The van der Waals surface area contributed by atoms with Gasteiger partial charge in [0.05, 0.1) is 0 Å². The zero-order valence-electron chi connectivity index (χ0n) is 12.3. The molecule has 0 radical (unpaired) electrons. The molecule has 1 heterocycles. The Hall–Kier alpha value is -2.17. The number of nitrogens with one attached hydrogen (secondary N) is 1. The van der Waals surface area contributed by atoms with E-state index < -0.39 is 0 Å². The smallest absolute Gasteiger partial charge is 0.250 e. The Bertz CT molecular complexity index is 788. The monoisotopic (exact) mass is 342 g/mol. The van der Waals surface area contributed by atoms with Gasteiger partial charge < -0.3 is 4.90 Å². The topological polar surface area (TPSA) is 32.3 Å². The Kier molecular flexibility index (Phi) is 4.74. The summed E-state index contributed by atoms with van der Waals surface area (Å²) in [7, 11) is 0. The molecule has 1 N–H and O–H groups in total. The molecule has 0 fully saturated rings. The van der Waals surface area contributed by atoms with Crippen molar-refractivity contribution >= 4 is 46.6 Å². The maximum atomic E-state index is 12.1. The fraction of sp³-hybridized carbons (Fsp3) is 0.111. The van der Waals surface area contributed by atoms with Crippen LogP contribution in [0.3, 0.4) is 0 Å². The second-order valence-corrected chi connectivity index (χ2v) is 5.97. The van der Waals surface area contributed by atoms with E-state index in [1.54, 1.807) is 12.1 Å². The molecule has 1 amide bonds. The number of hydrogen-bond donors (Lipinski definition) is 1. The van der Waals surface area contributed by atoms with Crippen molar-refractivity contribution in [2.24, 2.45) is 0 Å². The minimum absolute atomic E-state index is 0.265. The van der Waals surface area contributed by atoms with Gasteiger partial charge in [0.1, 0.15) is 0 Å². The van der Waals surface area contributed by atoms with E-state index >= 15 is 0 Å². The van der Waals surface area contributed by atoms with E-state index in [9.17, 15) is 4.79 Å². The number of carbonyl (C=O) groups is 1. The lowest BCUT2D eigenvalue weighted by atomic mass is 10.2. The summed E-state index contributed by atoms with van der Waals surface area (Å²) in [6.07, 6.45) is 4.05. The summed E-state index contributed by atoms with van der Waals surface area (Å²) in [5.41, 5.74) is 3.10. The number of para-hydroxylation sites is 1. The molecular weight excluding hydrogens is 328 g/mol. The number of fused-ring (bicyclic) bond motifs is 1. The first-order chi connectivity index (χ1) is 11.1. The van der Waals surface area contributed by atoms with E-state index in [0.29, 0.717) is 10.1 Å². The van der Waals surface area contributed by atoms with E-state index in [1.807, 2.05) is 41.3 Å². The first-order valence-electron chi connectivity index (χ1n) is 7.28. The SMILES string of the molecule is O=C(C=Cc1ccccc1Cl)NC(=S)N1CCc2ccccc21. The third-order valence-corrected chi connectivity index (χ3v) is 4.35. The van der Waals surface area contributed by atoms with Crippen molar-refractivity contribution in [2.45, 2.75) is 6.42 Å². The van der Waals surface area contributed by atoms with Gasteiger partial charge in [0.25, 0.3) is 0 Å². The van der Waals surface area contributed by atoms with Crippen LogP contribution >= 0.6 is 23.8 Å². The van der Waals surface area contributed by atoms with Crippen molar-refractivity contribution in [3.63, 3.8) is 0 Å². The van der Waals surface area contributed by atoms with Crippen molar-refractivity contribution < 1.29 is 4.79 Å². The number of amides is 1. The van der Waals surface area contributed by atoms with E-state index in [1.165, 1.54) is 11.6 Å². The molecule has 23 heavy (non-hydrogen) atoms. The van der Waals surface area contributed by atoms with Crippen molar-refractivity contribution in [1.29, 1.82) is 0 Å². The highest BCUT2D eigenvalue weighted by Crippen LogP contribution is 2.27. The summed E-state index contributed by atoms with van der Waals surface area (Å²) >= 11 is 11.4. The van der Waals surface area contributed by atoms with Crippen LogP contribution < -0.4 is 10.2 Å². The molecule has 0 aromatic heterocycles. The Morgan fingerprint density at radius 1 is 1.17 bits per heavy atom. The lowest BCUT2D eigenvalue weighted by molar-refractivity contribution is -0.115. The summed E-state index contributed by atoms with van der Waals surface area (Å²) in [4.78, 5) is 14.0. The van der Waals surface area contributed by atoms with E-state index in [4.69, 9.17) is 23.8 Å². The van der Waals surface area contributed by atoms with Gasteiger partial charge in [-0.15, -0.1) is 0 Å². The molecule has 2 aromatic carbocycles. The quantitative estimate of drug-likeness (QED) is 0.665. The van der Waals surface area contributed by atoms with E-state index in [-0.39, 0.29) is 5.91 Å². The molecule has 116 valence electrons. The third kappa shape index (κ3) is 3.60. The highest BCUT2D eigenvalue weighted by Gasteiger charge is 2.22. The lowest BCUT2D eigenvalue weighted by Gasteiger charge is -2.19. The fourth-order valence-corrected chi connectivity index (χ4v) is 3.03. The Morgan fingerprint density at radius 2 is 1.91 bits per heavy atom. The predicted octanol–water partition coefficient (Wildman–Crippen LogP) is 3.82. The molecule has 0 spiro atoms. The molecule has 3 nitrogen and oxygen atoms in total. The van der Waals surface area contributed by atoms with Gasteiger partial charge in [-0.2, -0.15) is 0 Å². The van der Waals surface area contributed by atoms with Crippen LogP contribution in [-0.4, -0.2) is 17.6 Å². The van der Waals surface area contributed by atoms with Gasteiger partial charge in [-0.1, -0.05) is 48.0 Å². The van der Waals surface area contributed by atoms with Crippen LogP contribution in [0.15, 0.2) is 54.6 Å². The largest absolute Gasteiger partial charge is 0.318 e. The molecule has 1 aliphatic heterocycles. The average molecular weight is 343 g/mol. The minimum atomic E-state index is -0.265. The molecule has 2 aromatic rings. The van der Waals surface area contributed by atoms with Gasteiger partial charge in [0, 0.05) is 23.3 Å². The summed E-state index contributed by atoms with van der Waals surface area (Å²) in [5, 5.41) is 3.77. The fourth-order valence-electron chi connectivity index (χ4n) is 2.54. The van der Waals surface area contributed by atoms with Crippen molar-refractivity contribution in [3.05, 3.63) is 70.8 Å². The lowest BCUT2D eigenvalue weighted by Crippen LogP contribution is -2.41. The molecule has 1 aliphatic rings. The van der Waals surface area contributed by atoms with Gasteiger partial charge in [-0.3, -0.25) is 10.1 Å². The number of benzene rings is 2. The molecule has 0 atom stereocenters. The number of halogens is 1. The molecule has 5 heteroatoms. The minimum Gasteiger partial charge on any atom is -0.318 e. The first-order valence-corrected chi connectivity index (χ1v) is 8.07. The van der Waals surface area contributed by atoms with E-state index in [0.717, 1.165) is 24.2 Å². The molecule has 3 rings (SSSR count). The third-order valence-electron chi connectivity index (χ3n) is 3.68. The maximum Gasteiger partial charge on any atom is 0.250 e. The van der Waals surface area contributed by atoms with E-state index in [2.05, 4.69) is 11.4 Å². The van der Waals surface area contributed by atoms with Crippen LogP contribution in [0.1, 0.15) is 11.1 Å². The van der Waals surface area contributed by atoms with Gasteiger partial charge in [0.2, 0.25) is 5.91 Å². The van der Waals surface area contributed by atoms with Crippen LogP contribution in [0.5, 0.6) is 0 Å². The number of carbonyl (C=O) groups excluding carboxylic acids is 1. The molecular formula is C18H15ClN2OS. The summed E-state index contributed by atoms with van der Waals surface area (Å²) in [6, 6.07) is 15.4. The van der Waals surface area contributed by atoms with Gasteiger partial charge >= 0.3 is 0 Å². The van der Waals surface area contributed by atoms with Crippen molar-refractivity contribution in [3.8, 4) is 0 Å². The normalized spacial score (nSPS) is 13.2. The van der Waals surface area contributed by atoms with Crippen molar-refractivity contribution in [1.82, 2.24) is 5.32 Å². The zero-order valence-corrected chi connectivity index (χ0v) is 13.9. The standard InChI is InChI=1S/C18H15ClN2OS/c19-15-7-3-1-5-13(15)9-10-17(22)20-18(23)21-12-11-14-6-2-4-8-16(14)21/h1-10H,11-12H2,(H,20,22,23). The zero-order chi connectivity index (χ0) is 16.2. The number of rotatable bonds is 2. The first kappa shape index (κ1) is 15.7. The predicted molar refractivity (Wildman–Crippen MR) is 98.7 cm³/mol. The van der Waals surface area contributed by atoms with Crippen molar-refractivity contribution in [2.75, 3.05) is 11.4 Å². The Balaban J connectivity index is 1.65. The maximum absolute atomic E-state index is 12.1. The summed E-state index contributed by atoms with van der Waals surface area (Å²) < 4.78 is 0. The number of thiocarbonyl (C=S) groups is 1. The number of anilines is 1. The average Bonchev–Trinajstić information content (AvgIpc) is 2.98. The molecule has 0 aliphatic carbocycles. The van der Waals surface area contributed by atoms with Gasteiger partial charge in [-0.25, -0.2) is 0 Å². The number of nitrogens with zero attached hydrogens (tertiary/aromatic N) is 1. The highest BCUT2D eigenvalue weighted by atomic mass is 35.5. The number of hydrogen-bond acceptors (Lipinski definition) is 2. The molecule has 0 saturated heterocycles. The van der Waals surface area contributed by atoms with Crippen LogP contribution in [0, 0.1) is 0 Å². The molecule has 0 saturated carbocycles. The highest BCUT2D eigenvalue weighted by molar-refractivity contribution is 7.80. The summed E-state index contributed by atoms with van der Waals surface area (Å²) in [6.45, 7) is 0.784. The Morgan fingerprint density at radius 3 is 2.74 bits per heavy atom. The van der Waals surface area contributed by atoms with Crippen LogP contribution in [0.4, 0.5) is 5.69 Å². The molecule has 0 unspecified atom stereocenters. The van der Waals surface area contributed by atoms with Gasteiger partial charge in [0.15, 0.2) is 5.11 Å². The summed E-state index contributed by atoms with van der Waals surface area (Å²) in [5.74, 6) is -0.265. The van der Waals surface area contributed by atoms with Crippen LogP contribution in [-0.2, 0) is 11.2 Å². The second-order valence-electron chi connectivity index (χ2n) is 5.18.